The summed E-state index contributed by atoms with van der Waals surface area (Å²) in [7, 11) is 0. The molecule has 0 aliphatic heterocycles. The molecule has 0 rings (SSSR count). The molecule has 0 aromatic heterocycles. The Balaban J connectivity index is 3.45. The smallest absolute Gasteiger partial charge is 0.220 e. The molecular formula is C55H109NO3. The van der Waals surface area contributed by atoms with Gasteiger partial charge in [-0.2, -0.15) is 0 Å². The van der Waals surface area contributed by atoms with E-state index in [1.807, 2.05) is 6.08 Å². The molecule has 0 aliphatic rings. The van der Waals surface area contributed by atoms with Gasteiger partial charge in [-0.3, -0.25) is 4.79 Å². The Kier molecular flexibility index (Phi) is 50.7. The lowest BCUT2D eigenvalue weighted by Crippen LogP contribution is -2.45. The first-order valence-electron chi connectivity index (χ1n) is 27.4. The molecular weight excluding hydrogens is 723 g/mol. The zero-order chi connectivity index (χ0) is 42.8. The van der Waals surface area contributed by atoms with Crippen molar-refractivity contribution in [3.05, 3.63) is 12.2 Å². The molecule has 2 atom stereocenters. The number of unbranched alkanes of at least 4 members (excludes halogenated alkanes) is 44. The predicted molar refractivity (Wildman–Crippen MR) is 263 cm³/mol. The van der Waals surface area contributed by atoms with Crippen LogP contribution >= 0.6 is 0 Å². The third-order valence-electron chi connectivity index (χ3n) is 13.0. The predicted octanol–water partition coefficient (Wildman–Crippen LogP) is 17.8. The van der Waals surface area contributed by atoms with Gasteiger partial charge in [0.2, 0.25) is 5.91 Å². The normalized spacial score (nSPS) is 12.8. The Hall–Kier alpha value is -0.870. The van der Waals surface area contributed by atoms with Crippen LogP contribution in [0.5, 0.6) is 0 Å². The second kappa shape index (κ2) is 51.5. The van der Waals surface area contributed by atoms with E-state index >= 15 is 0 Å². The third-order valence-corrected chi connectivity index (χ3v) is 13.0. The first-order chi connectivity index (χ1) is 29.2. The Labute approximate surface area is 371 Å². The van der Waals surface area contributed by atoms with Crippen molar-refractivity contribution >= 4 is 5.91 Å². The second-order valence-corrected chi connectivity index (χ2v) is 19.0. The molecule has 0 radical (unpaired) electrons. The number of allylic oxidation sites excluding steroid dienone is 1. The lowest BCUT2D eigenvalue weighted by Gasteiger charge is -2.20. The van der Waals surface area contributed by atoms with Gasteiger partial charge in [0, 0.05) is 6.42 Å². The number of nitrogens with one attached hydrogen (secondary N) is 1. The number of amides is 1. The minimum absolute atomic E-state index is 0.0559. The Bertz CT molecular complexity index is 814. The Morgan fingerprint density at radius 2 is 0.627 bits per heavy atom. The number of hydrogen-bond acceptors (Lipinski definition) is 3. The molecule has 0 bridgehead atoms. The molecule has 59 heavy (non-hydrogen) atoms. The summed E-state index contributed by atoms with van der Waals surface area (Å²) in [6, 6.07) is -0.618. The molecule has 4 heteroatoms. The van der Waals surface area contributed by atoms with E-state index < -0.39 is 12.1 Å². The van der Waals surface area contributed by atoms with Gasteiger partial charge < -0.3 is 15.5 Å². The van der Waals surface area contributed by atoms with Crippen LogP contribution in [0.4, 0.5) is 0 Å². The summed E-state index contributed by atoms with van der Waals surface area (Å²) in [5, 5.41) is 23.2. The van der Waals surface area contributed by atoms with Gasteiger partial charge in [0.1, 0.15) is 0 Å². The Morgan fingerprint density at radius 1 is 0.390 bits per heavy atom. The summed E-state index contributed by atoms with van der Waals surface area (Å²) in [6.45, 7) is 4.35. The molecule has 0 saturated heterocycles. The topological polar surface area (TPSA) is 69.6 Å². The van der Waals surface area contributed by atoms with Gasteiger partial charge in [0.05, 0.1) is 18.8 Å². The lowest BCUT2D eigenvalue weighted by molar-refractivity contribution is -0.123. The largest absolute Gasteiger partial charge is 0.394 e. The van der Waals surface area contributed by atoms with Crippen molar-refractivity contribution in [2.75, 3.05) is 6.61 Å². The molecule has 0 saturated carbocycles. The fourth-order valence-corrected chi connectivity index (χ4v) is 8.83. The highest BCUT2D eigenvalue weighted by Gasteiger charge is 2.18. The molecule has 352 valence electrons. The highest BCUT2D eigenvalue weighted by atomic mass is 16.3. The Morgan fingerprint density at radius 3 is 0.881 bits per heavy atom. The molecule has 3 N–H and O–H groups in total. The fourth-order valence-electron chi connectivity index (χ4n) is 8.83. The first kappa shape index (κ1) is 58.1. The molecule has 4 nitrogen and oxygen atoms in total. The number of rotatable bonds is 51. The molecule has 1 amide bonds. The van der Waals surface area contributed by atoms with Crippen molar-refractivity contribution in [2.45, 2.75) is 328 Å². The molecule has 0 aliphatic carbocycles. The lowest BCUT2D eigenvalue weighted by atomic mass is 10.0. The van der Waals surface area contributed by atoms with Crippen molar-refractivity contribution in [1.29, 1.82) is 0 Å². The van der Waals surface area contributed by atoms with E-state index in [1.165, 1.54) is 270 Å². The van der Waals surface area contributed by atoms with E-state index in [2.05, 4.69) is 19.2 Å². The van der Waals surface area contributed by atoms with E-state index in [9.17, 15) is 15.0 Å². The minimum Gasteiger partial charge on any atom is -0.394 e. The van der Waals surface area contributed by atoms with E-state index in [0.717, 1.165) is 25.7 Å². The third kappa shape index (κ3) is 48.0. The molecule has 0 fully saturated rings. The molecule has 2 unspecified atom stereocenters. The van der Waals surface area contributed by atoms with Crippen LogP contribution in [0.25, 0.3) is 0 Å². The highest BCUT2D eigenvalue weighted by molar-refractivity contribution is 5.76. The minimum atomic E-state index is -0.835. The van der Waals surface area contributed by atoms with E-state index in [1.54, 1.807) is 6.08 Å². The van der Waals surface area contributed by atoms with Crippen LogP contribution in [0.15, 0.2) is 12.2 Å². The van der Waals surface area contributed by atoms with Crippen molar-refractivity contribution in [3.63, 3.8) is 0 Å². The monoisotopic (exact) mass is 832 g/mol. The van der Waals surface area contributed by atoms with Crippen molar-refractivity contribution in [3.8, 4) is 0 Å². The van der Waals surface area contributed by atoms with Gasteiger partial charge in [-0.15, -0.1) is 0 Å². The summed E-state index contributed by atoms with van der Waals surface area (Å²) in [5.74, 6) is -0.0559. The van der Waals surface area contributed by atoms with Gasteiger partial charge >= 0.3 is 0 Å². The maximum atomic E-state index is 12.5. The number of aliphatic hydroxyl groups is 2. The molecule has 0 aromatic carbocycles. The number of hydrogen-bond donors (Lipinski definition) is 3. The van der Waals surface area contributed by atoms with Crippen LogP contribution in [-0.2, 0) is 4.79 Å². The van der Waals surface area contributed by atoms with Crippen molar-refractivity contribution in [2.24, 2.45) is 0 Å². The first-order valence-corrected chi connectivity index (χ1v) is 27.4. The SMILES string of the molecule is CCCCCCCCCCCCCCCCCCCCCC/C=C/C(O)C(CO)NC(=O)CCCCCCCCCCCCCCCCCCCCCCCCCCC. The van der Waals surface area contributed by atoms with E-state index in [-0.39, 0.29) is 12.5 Å². The number of carbonyl (C=O) groups is 1. The van der Waals surface area contributed by atoms with Crippen molar-refractivity contribution in [1.82, 2.24) is 5.32 Å². The second-order valence-electron chi connectivity index (χ2n) is 19.0. The van der Waals surface area contributed by atoms with Gasteiger partial charge in [-0.1, -0.05) is 302 Å². The standard InChI is InChI=1S/C55H109NO3/c1-3-5-7-9-11-13-15-17-19-21-23-25-27-28-29-31-33-35-37-39-41-43-45-47-49-51-55(59)56-53(52-57)54(58)50-48-46-44-42-40-38-36-34-32-30-26-24-22-20-18-16-14-12-10-8-6-4-2/h48,50,53-54,57-58H,3-47,49,51-52H2,1-2H3,(H,56,59)/b50-48+. The van der Waals surface area contributed by atoms with E-state index in [4.69, 9.17) is 0 Å². The van der Waals surface area contributed by atoms with Crippen LogP contribution in [0, 0.1) is 0 Å². The summed E-state index contributed by atoms with van der Waals surface area (Å²) >= 11 is 0. The van der Waals surface area contributed by atoms with Crippen LogP contribution in [-0.4, -0.2) is 34.9 Å². The zero-order valence-corrected chi connectivity index (χ0v) is 40.6. The summed E-state index contributed by atoms with van der Waals surface area (Å²) in [4.78, 5) is 12.5. The van der Waals surface area contributed by atoms with Crippen LogP contribution in [0.2, 0.25) is 0 Å². The van der Waals surface area contributed by atoms with Gasteiger partial charge in [-0.05, 0) is 19.3 Å². The fraction of sp³-hybridized carbons (Fsp3) is 0.945. The van der Waals surface area contributed by atoms with Gasteiger partial charge in [-0.25, -0.2) is 0 Å². The van der Waals surface area contributed by atoms with E-state index in [0.29, 0.717) is 6.42 Å². The van der Waals surface area contributed by atoms with Gasteiger partial charge in [0.15, 0.2) is 0 Å². The summed E-state index contributed by atoms with van der Waals surface area (Å²) < 4.78 is 0. The van der Waals surface area contributed by atoms with Crippen molar-refractivity contribution < 1.29 is 15.0 Å². The molecule has 0 aromatic rings. The quantitative estimate of drug-likeness (QED) is 0.0422. The zero-order valence-electron chi connectivity index (χ0n) is 40.6. The van der Waals surface area contributed by atoms with Crippen LogP contribution in [0.1, 0.15) is 316 Å². The number of aliphatic hydroxyl groups excluding tert-OH is 2. The summed E-state index contributed by atoms with van der Waals surface area (Å²) in [6.07, 6.45) is 66.5. The average molecular weight is 832 g/mol. The summed E-state index contributed by atoms with van der Waals surface area (Å²) in [5.41, 5.74) is 0. The maximum absolute atomic E-state index is 12.5. The maximum Gasteiger partial charge on any atom is 0.220 e. The van der Waals surface area contributed by atoms with Crippen LogP contribution in [0.3, 0.4) is 0 Å². The highest BCUT2D eigenvalue weighted by Crippen LogP contribution is 2.18. The van der Waals surface area contributed by atoms with Crippen LogP contribution < -0.4 is 5.32 Å². The number of carbonyl (C=O) groups excluding carboxylic acids is 1. The molecule has 0 spiro atoms. The average Bonchev–Trinajstić information content (AvgIpc) is 3.24. The van der Waals surface area contributed by atoms with Gasteiger partial charge in [0.25, 0.3) is 0 Å². The molecule has 0 heterocycles.